The molecule has 1 aromatic carbocycles. The maximum absolute atomic E-state index is 4.73. The van der Waals surface area contributed by atoms with E-state index in [-0.39, 0.29) is 17.1 Å². The van der Waals surface area contributed by atoms with E-state index in [4.69, 9.17) is 12.2 Å². The molecule has 1 radical (unpaired) electrons. The van der Waals surface area contributed by atoms with Gasteiger partial charge in [-0.2, -0.15) is 0 Å². The van der Waals surface area contributed by atoms with Crippen molar-refractivity contribution in [2.45, 2.75) is 0 Å². The fraction of sp³-hybridized carbons (Fsp3) is 0. The van der Waals surface area contributed by atoms with Gasteiger partial charge < -0.3 is 5.32 Å². The summed E-state index contributed by atoms with van der Waals surface area (Å²) in [6, 6.07) is 9.69. The van der Waals surface area contributed by atoms with Crippen molar-refractivity contribution in [2.24, 2.45) is 0 Å². The van der Waals surface area contributed by atoms with Crippen molar-refractivity contribution < 1.29 is 17.1 Å². The number of hydrogen-bond donors (Lipinski definition) is 2. The predicted molar refractivity (Wildman–Crippen MR) is 51.6 cm³/mol. The average molecular weight is 225 g/mol. The maximum atomic E-state index is 4.73. The summed E-state index contributed by atoms with van der Waals surface area (Å²) in [4.78, 5) is 0. The van der Waals surface area contributed by atoms with Crippen LogP contribution in [0.1, 0.15) is 0 Å². The van der Waals surface area contributed by atoms with Crippen LogP contribution in [0, 0.1) is 0 Å². The summed E-state index contributed by atoms with van der Waals surface area (Å²) in [5.74, 6) is 0. The molecule has 0 aliphatic rings. The molecule has 0 saturated carbocycles. The molecular formula is C7H7FeNS2+3. The van der Waals surface area contributed by atoms with Gasteiger partial charge in [0.1, 0.15) is 4.32 Å². The van der Waals surface area contributed by atoms with Crippen LogP contribution in [-0.2, 0) is 17.1 Å². The number of thiocarbonyl (C=S) groups is 1. The summed E-state index contributed by atoms with van der Waals surface area (Å²) < 4.78 is 0.492. The third kappa shape index (κ3) is 4.43. The Kier molecular flexibility index (Phi) is 5.60. The average Bonchev–Trinajstić information content (AvgIpc) is 1.88. The Hall–Kier alpha value is -0.0205. The number of para-hydroxylation sites is 1. The summed E-state index contributed by atoms with van der Waals surface area (Å²) in [5, 5.41) is 2.90. The van der Waals surface area contributed by atoms with Crippen molar-refractivity contribution in [3.63, 3.8) is 0 Å². The topological polar surface area (TPSA) is 12.0 Å². The molecule has 0 amide bonds. The van der Waals surface area contributed by atoms with Crippen LogP contribution in [0.4, 0.5) is 5.69 Å². The van der Waals surface area contributed by atoms with Crippen LogP contribution in [0.15, 0.2) is 30.3 Å². The third-order valence-electron chi connectivity index (χ3n) is 1.03. The molecule has 11 heavy (non-hydrogen) atoms. The second-order valence-corrected chi connectivity index (χ2v) is 2.95. The van der Waals surface area contributed by atoms with Gasteiger partial charge in [-0.25, -0.2) is 0 Å². The molecule has 0 aliphatic carbocycles. The van der Waals surface area contributed by atoms with Crippen LogP contribution in [0.2, 0.25) is 0 Å². The SMILES string of the molecule is S=C(S)Nc1ccccc1.[Fe+3]. The third-order valence-corrected chi connectivity index (χ3v) is 1.24. The van der Waals surface area contributed by atoms with Gasteiger partial charge in [-0.15, -0.1) is 12.6 Å². The van der Waals surface area contributed by atoms with Crippen LogP contribution >= 0.6 is 24.8 Å². The second-order valence-electron chi connectivity index (χ2n) is 1.80. The minimum absolute atomic E-state index is 0. The van der Waals surface area contributed by atoms with Crippen molar-refractivity contribution in [1.82, 2.24) is 0 Å². The van der Waals surface area contributed by atoms with Crippen molar-refractivity contribution in [1.29, 1.82) is 0 Å². The number of nitrogens with one attached hydrogen (secondary N) is 1. The molecule has 0 fully saturated rings. The van der Waals surface area contributed by atoms with Gasteiger partial charge >= 0.3 is 17.1 Å². The van der Waals surface area contributed by atoms with Crippen LogP contribution in [0.5, 0.6) is 0 Å². The van der Waals surface area contributed by atoms with Crippen LogP contribution < -0.4 is 5.32 Å². The van der Waals surface area contributed by atoms with Gasteiger partial charge in [-0.05, 0) is 12.1 Å². The molecule has 1 rings (SSSR count). The standard InChI is InChI=1S/C7H7NS2.Fe/c9-7(10)8-6-4-2-1-3-5-6;/h1-5H,(H2,8,9,10);/q;+3. The molecule has 0 unspecified atom stereocenters. The van der Waals surface area contributed by atoms with E-state index in [2.05, 4.69) is 17.9 Å². The molecule has 57 valence electrons. The van der Waals surface area contributed by atoms with E-state index in [1.165, 1.54) is 0 Å². The monoisotopic (exact) mass is 225 g/mol. The van der Waals surface area contributed by atoms with Crippen LogP contribution in [-0.4, -0.2) is 4.32 Å². The number of rotatable bonds is 1. The normalized spacial score (nSPS) is 8.09. The fourth-order valence-corrected chi connectivity index (χ4v) is 0.892. The summed E-state index contributed by atoms with van der Waals surface area (Å²) in [5.41, 5.74) is 0.975. The van der Waals surface area contributed by atoms with Gasteiger partial charge in [-0.3, -0.25) is 0 Å². The molecule has 1 aromatic rings. The van der Waals surface area contributed by atoms with E-state index < -0.39 is 0 Å². The summed E-state index contributed by atoms with van der Waals surface area (Å²) in [7, 11) is 0. The van der Waals surface area contributed by atoms with E-state index in [1.54, 1.807) is 0 Å². The minimum atomic E-state index is 0. The predicted octanol–water partition coefficient (Wildman–Crippen LogP) is 2.31. The van der Waals surface area contributed by atoms with Crippen molar-refractivity contribution in [3.05, 3.63) is 30.3 Å². The Morgan fingerprint density at radius 1 is 1.27 bits per heavy atom. The molecule has 1 nitrogen and oxygen atoms in total. The van der Waals surface area contributed by atoms with Gasteiger partial charge in [0.05, 0.1) is 0 Å². The first-order chi connectivity index (χ1) is 4.79. The molecule has 0 bridgehead atoms. The molecule has 0 heterocycles. The van der Waals surface area contributed by atoms with E-state index in [1.807, 2.05) is 30.3 Å². The largest absolute Gasteiger partial charge is 3.00 e. The minimum Gasteiger partial charge on any atom is -0.341 e. The zero-order valence-corrected chi connectivity index (χ0v) is 8.41. The van der Waals surface area contributed by atoms with Gasteiger partial charge in [0.25, 0.3) is 0 Å². The van der Waals surface area contributed by atoms with E-state index in [9.17, 15) is 0 Å². The van der Waals surface area contributed by atoms with E-state index in [0.29, 0.717) is 4.32 Å². The number of benzene rings is 1. The second kappa shape index (κ2) is 5.61. The Morgan fingerprint density at radius 2 is 1.82 bits per heavy atom. The zero-order valence-electron chi connectivity index (χ0n) is 5.60. The quantitative estimate of drug-likeness (QED) is 0.432. The fourth-order valence-electron chi connectivity index (χ4n) is 0.645. The van der Waals surface area contributed by atoms with Crippen molar-refractivity contribution in [3.8, 4) is 0 Å². The molecule has 4 heteroatoms. The molecular weight excluding hydrogens is 218 g/mol. The first kappa shape index (κ1) is 11.0. The smallest absolute Gasteiger partial charge is 0.341 e. The Morgan fingerprint density at radius 3 is 2.27 bits per heavy atom. The first-order valence-electron chi connectivity index (χ1n) is 2.84. The van der Waals surface area contributed by atoms with Crippen molar-refractivity contribution >= 4 is 34.9 Å². The van der Waals surface area contributed by atoms with E-state index >= 15 is 0 Å². The number of hydrogen-bond acceptors (Lipinski definition) is 1. The summed E-state index contributed by atoms with van der Waals surface area (Å²) in [6.07, 6.45) is 0. The number of thiol groups is 1. The Labute approximate surface area is 87.5 Å². The van der Waals surface area contributed by atoms with Crippen LogP contribution in [0.25, 0.3) is 0 Å². The molecule has 0 aromatic heterocycles. The molecule has 0 saturated heterocycles. The van der Waals surface area contributed by atoms with Gasteiger partial charge in [-0.1, -0.05) is 30.4 Å². The van der Waals surface area contributed by atoms with Crippen molar-refractivity contribution in [2.75, 3.05) is 5.32 Å². The first-order valence-corrected chi connectivity index (χ1v) is 3.69. The van der Waals surface area contributed by atoms with Gasteiger partial charge in [0, 0.05) is 5.69 Å². The molecule has 0 spiro atoms. The number of anilines is 1. The molecule has 0 atom stereocenters. The maximum Gasteiger partial charge on any atom is 3.00 e. The van der Waals surface area contributed by atoms with Crippen LogP contribution in [0.3, 0.4) is 0 Å². The summed E-state index contributed by atoms with van der Waals surface area (Å²) >= 11 is 8.66. The van der Waals surface area contributed by atoms with Gasteiger partial charge in [0.15, 0.2) is 0 Å². The zero-order chi connectivity index (χ0) is 7.40. The van der Waals surface area contributed by atoms with E-state index in [0.717, 1.165) is 5.69 Å². The Balaban J connectivity index is 0.000001000. The molecule has 0 aliphatic heterocycles. The molecule has 1 N–H and O–H groups in total. The Bertz CT molecular complexity index is 225. The summed E-state index contributed by atoms with van der Waals surface area (Å²) in [6.45, 7) is 0. The van der Waals surface area contributed by atoms with Gasteiger partial charge in [0.2, 0.25) is 0 Å².